The van der Waals surface area contributed by atoms with Crippen molar-refractivity contribution in [2.24, 2.45) is 0 Å². The summed E-state index contributed by atoms with van der Waals surface area (Å²) in [4.78, 5) is 10.7. The van der Waals surface area contributed by atoms with E-state index in [1.165, 1.54) is 10.4 Å². The Morgan fingerprint density at radius 2 is 1.81 bits per heavy atom. The van der Waals surface area contributed by atoms with E-state index in [4.69, 9.17) is 5.11 Å². The number of aromatic carboxylic acids is 1. The molecule has 1 aliphatic heterocycles. The Morgan fingerprint density at radius 1 is 1.19 bits per heavy atom. The van der Waals surface area contributed by atoms with Crippen LogP contribution in [0.5, 0.6) is 0 Å². The SMILES string of the molecule is O=C(O)c1ccc(NS(=O)(=O)N2CCCCCC2)cc1F. The van der Waals surface area contributed by atoms with Crippen molar-refractivity contribution in [1.29, 1.82) is 0 Å². The van der Waals surface area contributed by atoms with Crippen LogP contribution >= 0.6 is 0 Å². The van der Waals surface area contributed by atoms with Gasteiger partial charge < -0.3 is 5.11 Å². The van der Waals surface area contributed by atoms with Gasteiger partial charge in [0.05, 0.1) is 11.3 Å². The highest BCUT2D eigenvalue weighted by Gasteiger charge is 2.23. The summed E-state index contributed by atoms with van der Waals surface area (Å²) in [5.74, 6) is -2.37. The Bertz CT molecular complexity index is 625. The fourth-order valence-corrected chi connectivity index (χ4v) is 3.54. The second-order valence-corrected chi connectivity index (χ2v) is 6.59. The maximum absolute atomic E-state index is 13.6. The minimum absolute atomic E-state index is 0.0155. The summed E-state index contributed by atoms with van der Waals surface area (Å²) >= 11 is 0. The Labute approximate surface area is 122 Å². The van der Waals surface area contributed by atoms with Crippen molar-refractivity contribution in [3.63, 3.8) is 0 Å². The molecule has 0 aliphatic carbocycles. The van der Waals surface area contributed by atoms with Crippen LogP contribution in [0, 0.1) is 5.82 Å². The molecule has 116 valence electrons. The van der Waals surface area contributed by atoms with E-state index in [1.54, 1.807) is 0 Å². The fourth-order valence-electron chi connectivity index (χ4n) is 2.25. The van der Waals surface area contributed by atoms with Crippen LogP contribution < -0.4 is 4.72 Å². The van der Waals surface area contributed by atoms with Crippen LogP contribution in [0.3, 0.4) is 0 Å². The number of hydrogen-bond acceptors (Lipinski definition) is 3. The van der Waals surface area contributed by atoms with Crippen molar-refractivity contribution in [3.05, 3.63) is 29.6 Å². The normalized spacial score (nSPS) is 17.2. The summed E-state index contributed by atoms with van der Waals surface area (Å²) in [6.45, 7) is 0.871. The van der Waals surface area contributed by atoms with Crippen LogP contribution in [-0.2, 0) is 10.2 Å². The zero-order chi connectivity index (χ0) is 15.5. The van der Waals surface area contributed by atoms with Crippen molar-refractivity contribution < 1.29 is 22.7 Å². The standard InChI is InChI=1S/C13H17FN2O4S/c14-12-9-10(5-6-11(12)13(17)18)15-21(19,20)16-7-3-1-2-4-8-16/h5-6,9,15H,1-4,7-8H2,(H,17,18). The van der Waals surface area contributed by atoms with Crippen LogP contribution in [0.15, 0.2) is 18.2 Å². The van der Waals surface area contributed by atoms with Crippen molar-refractivity contribution in [1.82, 2.24) is 4.31 Å². The topological polar surface area (TPSA) is 86.7 Å². The highest BCUT2D eigenvalue weighted by molar-refractivity contribution is 7.90. The van der Waals surface area contributed by atoms with Gasteiger partial charge >= 0.3 is 16.2 Å². The van der Waals surface area contributed by atoms with E-state index in [2.05, 4.69) is 4.72 Å². The largest absolute Gasteiger partial charge is 0.478 e. The first-order valence-electron chi connectivity index (χ1n) is 6.71. The number of nitrogens with zero attached hydrogens (tertiary/aromatic N) is 1. The second-order valence-electron chi connectivity index (χ2n) is 4.92. The third kappa shape index (κ3) is 3.92. The van der Waals surface area contributed by atoms with Crippen LogP contribution in [0.4, 0.5) is 10.1 Å². The summed E-state index contributed by atoms with van der Waals surface area (Å²) < 4.78 is 41.6. The van der Waals surface area contributed by atoms with Gasteiger partial charge in [-0.1, -0.05) is 12.8 Å². The minimum atomic E-state index is -3.74. The van der Waals surface area contributed by atoms with E-state index in [9.17, 15) is 17.6 Å². The van der Waals surface area contributed by atoms with Gasteiger partial charge in [-0.3, -0.25) is 4.72 Å². The summed E-state index contributed by atoms with van der Waals surface area (Å²) in [5.41, 5.74) is -0.477. The summed E-state index contributed by atoms with van der Waals surface area (Å²) in [6, 6.07) is 3.15. The number of anilines is 1. The number of carbonyl (C=O) groups is 1. The molecule has 6 nitrogen and oxygen atoms in total. The molecular formula is C13H17FN2O4S. The van der Waals surface area contributed by atoms with Crippen LogP contribution in [0.25, 0.3) is 0 Å². The molecular weight excluding hydrogens is 299 g/mol. The first-order valence-corrected chi connectivity index (χ1v) is 8.15. The predicted molar refractivity (Wildman–Crippen MR) is 75.9 cm³/mol. The second kappa shape index (κ2) is 6.40. The number of rotatable bonds is 4. The number of halogens is 1. The molecule has 1 aromatic rings. The summed E-state index contributed by atoms with van der Waals surface area (Å²) in [6.07, 6.45) is 3.59. The highest BCUT2D eigenvalue weighted by atomic mass is 32.2. The van der Waals surface area contributed by atoms with E-state index in [0.29, 0.717) is 13.1 Å². The van der Waals surface area contributed by atoms with Gasteiger partial charge in [0.15, 0.2) is 0 Å². The molecule has 0 unspecified atom stereocenters. The lowest BCUT2D eigenvalue weighted by Gasteiger charge is -2.20. The molecule has 1 heterocycles. The lowest BCUT2D eigenvalue weighted by atomic mass is 10.2. The average Bonchev–Trinajstić information content (AvgIpc) is 2.67. The maximum atomic E-state index is 13.6. The zero-order valence-electron chi connectivity index (χ0n) is 11.4. The molecule has 1 aromatic carbocycles. The molecule has 0 bridgehead atoms. The average molecular weight is 316 g/mol. The van der Waals surface area contributed by atoms with E-state index >= 15 is 0 Å². The molecule has 0 aromatic heterocycles. The molecule has 0 saturated carbocycles. The molecule has 1 saturated heterocycles. The predicted octanol–water partition coefficient (Wildman–Crippen LogP) is 2.06. The minimum Gasteiger partial charge on any atom is -0.478 e. The van der Waals surface area contributed by atoms with Gasteiger partial charge in [0.1, 0.15) is 5.82 Å². The first kappa shape index (κ1) is 15.7. The molecule has 2 N–H and O–H groups in total. The highest BCUT2D eigenvalue weighted by Crippen LogP contribution is 2.19. The van der Waals surface area contributed by atoms with E-state index in [-0.39, 0.29) is 5.69 Å². The molecule has 1 aliphatic rings. The van der Waals surface area contributed by atoms with Gasteiger partial charge in [0, 0.05) is 13.1 Å². The van der Waals surface area contributed by atoms with Crippen molar-refractivity contribution in [2.45, 2.75) is 25.7 Å². The molecule has 0 atom stereocenters. The quantitative estimate of drug-likeness (QED) is 0.890. The Balaban J connectivity index is 2.16. The lowest BCUT2D eigenvalue weighted by Crippen LogP contribution is -2.36. The number of carboxylic acid groups (broad SMARTS) is 1. The third-order valence-electron chi connectivity index (χ3n) is 3.35. The number of carboxylic acids is 1. The van der Waals surface area contributed by atoms with Crippen LogP contribution in [0.2, 0.25) is 0 Å². The van der Waals surface area contributed by atoms with Gasteiger partial charge in [0.25, 0.3) is 0 Å². The molecule has 1 fully saturated rings. The summed E-state index contributed by atoms with van der Waals surface area (Å²) in [5, 5.41) is 8.74. The van der Waals surface area contributed by atoms with Crippen LogP contribution in [0.1, 0.15) is 36.0 Å². The molecule has 21 heavy (non-hydrogen) atoms. The van der Waals surface area contributed by atoms with Gasteiger partial charge in [-0.15, -0.1) is 0 Å². The fraction of sp³-hybridized carbons (Fsp3) is 0.462. The van der Waals surface area contributed by atoms with Gasteiger partial charge in [-0.05, 0) is 31.0 Å². The monoisotopic (exact) mass is 316 g/mol. The van der Waals surface area contributed by atoms with Crippen molar-refractivity contribution >= 4 is 21.9 Å². The van der Waals surface area contributed by atoms with Gasteiger partial charge in [-0.25, -0.2) is 9.18 Å². The summed E-state index contributed by atoms with van der Waals surface area (Å²) in [7, 11) is -3.74. The number of hydrogen-bond donors (Lipinski definition) is 2. The molecule has 2 rings (SSSR count). The molecule has 0 spiro atoms. The van der Waals surface area contributed by atoms with E-state index in [0.717, 1.165) is 37.8 Å². The van der Waals surface area contributed by atoms with E-state index < -0.39 is 27.6 Å². The molecule has 0 radical (unpaired) electrons. The Hall–Kier alpha value is -1.67. The number of nitrogens with one attached hydrogen (secondary N) is 1. The van der Waals surface area contributed by atoms with E-state index in [1.807, 2.05) is 0 Å². The first-order chi connectivity index (χ1) is 9.90. The lowest BCUT2D eigenvalue weighted by molar-refractivity contribution is 0.0692. The van der Waals surface area contributed by atoms with Crippen molar-refractivity contribution in [2.75, 3.05) is 17.8 Å². The third-order valence-corrected chi connectivity index (χ3v) is 4.89. The smallest absolute Gasteiger partial charge is 0.338 e. The maximum Gasteiger partial charge on any atom is 0.338 e. The number of benzene rings is 1. The Kier molecular flexibility index (Phi) is 4.79. The van der Waals surface area contributed by atoms with Gasteiger partial charge in [-0.2, -0.15) is 12.7 Å². The molecule has 0 amide bonds. The zero-order valence-corrected chi connectivity index (χ0v) is 12.2. The Morgan fingerprint density at radius 3 is 2.33 bits per heavy atom. The molecule has 8 heteroatoms. The van der Waals surface area contributed by atoms with Gasteiger partial charge in [0.2, 0.25) is 0 Å². The van der Waals surface area contributed by atoms with Crippen LogP contribution in [-0.4, -0.2) is 36.9 Å². The van der Waals surface area contributed by atoms with Crippen molar-refractivity contribution in [3.8, 4) is 0 Å².